The van der Waals surface area contributed by atoms with Gasteiger partial charge in [-0.2, -0.15) is 0 Å². The first-order valence-electron chi connectivity index (χ1n) is 4.38. The van der Waals surface area contributed by atoms with Crippen molar-refractivity contribution in [2.45, 2.75) is 6.54 Å². The third kappa shape index (κ3) is 3.73. The van der Waals surface area contributed by atoms with Gasteiger partial charge in [-0.3, -0.25) is 4.90 Å². The summed E-state index contributed by atoms with van der Waals surface area (Å²) in [5.41, 5.74) is 1.30. The van der Waals surface area contributed by atoms with Gasteiger partial charge in [0.2, 0.25) is 6.54 Å². The highest BCUT2D eigenvalue weighted by Crippen LogP contribution is 2.01. The fraction of sp³-hybridized carbons (Fsp3) is 0.364. The fourth-order valence-corrected chi connectivity index (χ4v) is 1.19. The van der Waals surface area contributed by atoms with E-state index < -0.39 is 0 Å². The Labute approximate surface area is 79.6 Å². The van der Waals surface area contributed by atoms with Gasteiger partial charge in [0.15, 0.2) is 0 Å². The molecule has 0 aliphatic carbocycles. The van der Waals surface area contributed by atoms with Gasteiger partial charge in [-0.1, -0.05) is 30.3 Å². The van der Waals surface area contributed by atoms with Gasteiger partial charge in [-0.05, 0) is 12.6 Å². The quantitative estimate of drug-likeness (QED) is 0.634. The van der Waals surface area contributed by atoms with Crippen LogP contribution in [0.2, 0.25) is 0 Å². The molecular formula is C11H14N2. The van der Waals surface area contributed by atoms with E-state index in [2.05, 4.69) is 21.9 Å². The monoisotopic (exact) mass is 174 g/mol. The van der Waals surface area contributed by atoms with Crippen LogP contribution < -0.4 is 0 Å². The molecule has 1 aromatic carbocycles. The van der Waals surface area contributed by atoms with E-state index in [9.17, 15) is 0 Å². The summed E-state index contributed by atoms with van der Waals surface area (Å²) in [7, 11) is 2.04. The molecule has 2 nitrogen and oxygen atoms in total. The van der Waals surface area contributed by atoms with Crippen LogP contribution in [0.1, 0.15) is 5.56 Å². The van der Waals surface area contributed by atoms with Gasteiger partial charge in [0.25, 0.3) is 0 Å². The summed E-state index contributed by atoms with van der Waals surface area (Å²) in [5.74, 6) is 0. The number of hydrogen-bond acceptors (Lipinski definition) is 1. The zero-order chi connectivity index (χ0) is 9.52. The molecule has 0 bridgehead atoms. The van der Waals surface area contributed by atoms with Gasteiger partial charge < -0.3 is 4.85 Å². The fourth-order valence-electron chi connectivity index (χ4n) is 1.19. The average Bonchev–Trinajstić information content (AvgIpc) is 2.16. The number of nitrogens with zero attached hydrogens (tertiary/aromatic N) is 2. The van der Waals surface area contributed by atoms with Crippen LogP contribution >= 0.6 is 0 Å². The van der Waals surface area contributed by atoms with Crippen LogP contribution in [0.3, 0.4) is 0 Å². The maximum Gasteiger partial charge on any atom is 0.227 e. The molecule has 0 aliphatic rings. The number of rotatable bonds is 4. The van der Waals surface area contributed by atoms with E-state index in [4.69, 9.17) is 6.57 Å². The van der Waals surface area contributed by atoms with Crippen LogP contribution in [0.5, 0.6) is 0 Å². The molecule has 0 saturated carbocycles. The van der Waals surface area contributed by atoms with Crippen molar-refractivity contribution < 1.29 is 0 Å². The molecule has 1 aromatic rings. The van der Waals surface area contributed by atoms with Gasteiger partial charge in [-0.15, -0.1) is 0 Å². The summed E-state index contributed by atoms with van der Waals surface area (Å²) in [6.45, 7) is 9.03. The maximum absolute atomic E-state index is 6.67. The van der Waals surface area contributed by atoms with Crippen molar-refractivity contribution in [1.82, 2.24) is 4.90 Å². The second kappa shape index (κ2) is 5.34. The predicted octanol–water partition coefficient (Wildman–Crippen LogP) is 2.04. The first kappa shape index (κ1) is 9.76. The lowest BCUT2D eigenvalue weighted by atomic mass is 10.2. The zero-order valence-electron chi connectivity index (χ0n) is 7.90. The summed E-state index contributed by atoms with van der Waals surface area (Å²) >= 11 is 0. The van der Waals surface area contributed by atoms with Crippen LogP contribution in [0.25, 0.3) is 4.85 Å². The van der Waals surface area contributed by atoms with Gasteiger partial charge in [0, 0.05) is 6.54 Å². The number of benzene rings is 1. The van der Waals surface area contributed by atoms with E-state index in [1.165, 1.54) is 5.56 Å². The first-order chi connectivity index (χ1) is 6.33. The molecule has 0 heterocycles. The first-order valence-corrected chi connectivity index (χ1v) is 4.38. The van der Waals surface area contributed by atoms with E-state index in [0.717, 1.165) is 13.1 Å². The molecule has 68 valence electrons. The van der Waals surface area contributed by atoms with Crippen molar-refractivity contribution in [3.8, 4) is 0 Å². The lowest BCUT2D eigenvalue weighted by Gasteiger charge is -2.12. The largest absolute Gasteiger partial charge is 0.316 e. The molecule has 0 N–H and O–H groups in total. The van der Waals surface area contributed by atoms with Gasteiger partial charge in [0.05, 0.1) is 6.54 Å². The standard InChI is InChI=1S/C11H14N2/c1-12-8-9-13(2)10-11-6-4-3-5-7-11/h3-7H,8-10H2,2H3. The van der Waals surface area contributed by atoms with E-state index >= 15 is 0 Å². The summed E-state index contributed by atoms with van der Waals surface area (Å²) in [6.07, 6.45) is 0. The third-order valence-corrected chi connectivity index (χ3v) is 1.89. The minimum absolute atomic E-state index is 0.587. The number of hydrogen-bond donors (Lipinski definition) is 0. The molecule has 0 unspecified atom stereocenters. The Morgan fingerprint density at radius 1 is 1.31 bits per heavy atom. The smallest absolute Gasteiger partial charge is 0.227 e. The van der Waals surface area contributed by atoms with Crippen LogP contribution in [-0.4, -0.2) is 25.0 Å². The highest BCUT2D eigenvalue weighted by molar-refractivity contribution is 5.14. The van der Waals surface area contributed by atoms with Crippen molar-refractivity contribution in [2.24, 2.45) is 0 Å². The van der Waals surface area contributed by atoms with Crippen LogP contribution in [0, 0.1) is 6.57 Å². The van der Waals surface area contributed by atoms with Gasteiger partial charge in [-0.25, -0.2) is 6.57 Å². The highest BCUT2D eigenvalue weighted by atomic mass is 15.1. The van der Waals surface area contributed by atoms with Crippen molar-refractivity contribution >= 4 is 0 Å². The van der Waals surface area contributed by atoms with Crippen LogP contribution in [0.15, 0.2) is 30.3 Å². The second-order valence-electron chi connectivity index (χ2n) is 3.11. The van der Waals surface area contributed by atoms with E-state index in [0.29, 0.717) is 6.54 Å². The molecule has 0 radical (unpaired) electrons. The van der Waals surface area contributed by atoms with E-state index in [1.54, 1.807) is 0 Å². The van der Waals surface area contributed by atoms with Gasteiger partial charge >= 0.3 is 0 Å². The Hall–Kier alpha value is -1.33. The highest BCUT2D eigenvalue weighted by Gasteiger charge is 1.99. The Balaban J connectivity index is 2.37. The third-order valence-electron chi connectivity index (χ3n) is 1.89. The summed E-state index contributed by atoms with van der Waals surface area (Å²) in [6, 6.07) is 10.3. The molecule has 0 aromatic heterocycles. The molecule has 0 fully saturated rings. The molecule has 2 heteroatoms. The minimum Gasteiger partial charge on any atom is -0.316 e. The van der Waals surface area contributed by atoms with Crippen molar-refractivity contribution in [3.63, 3.8) is 0 Å². The lowest BCUT2D eigenvalue weighted by molar-refractivity contribution is 0.343. The zero-order valence-corrected chi connectivity index (χ0v) is 7.90. The minimum atomic E-state index is 0.587. The molecular weight excluding hydrogens is 160 g/mol. The Morgan fingerprint density at radius 3 is 2.62 bits per heavy atom. The van der Waals surface area contributed by atoms with E-state index in [1.807, 2.05) is 25.2 Å². The molecule has 0 atom stereocenters. The topological polar surface area (TPSA) is 7.60 Å². The predicted molar refractivity (Wildman–Crippen MR) is 54.2 cm³/mol. The normalized spacial score (nSPS) is 9.92. The average molecular weight is 174 g/mol. The summed E-state index contributed by atoms with van der Waals surface area (Å²) < 4.78 is 0. The van der Waals surface area contributed by atoms with E-state index in [-0.39, 0.29) is 0 Å². The molecule has 0 saturated heterocycles. The van der Waals surface area contributed by atoms with Gasteiger partial charge in [0.1, 0.15) is 0 Å². The summed E-state index contributed by atoms with van der Waals surface area (Å²) in [4.78, 5) is 5.49. The maximum atomic E-state index is 6.67. The molecule has 0 aliphatic heterocycles. The molecule has 0 spiro atoms. The second-order valence-corrected chi connectivity index (χ2v) is 3.11. The molecule has 13 heavy (non-hydrogen) atoms. The molecule has 1 rings (SSSR count). The Bertz CT molecular complexity index is 274. The Kier molecular flexibility index (Phi) is 4.01. The van der Waals surface area contributed by atoms with Crippen LogP contribution in [0.4, 0.5) is 0 Å². The van der Waals surface area contributed by atoms with Crippen molar-refractivity contribution in [3.05, 3.63) is 47.3 Å². The lowest BCUT2D eigenvalue weighted by Crippen LogP contribution is -2.20. The SMILES string of the molecule is [C-]#[N+]CCN(C)Cc1ccccc1. The molecule has 0 amide bonds. The van der Waals surface area contributed by atoms with Crippen molar-refractivity contribution in [2.75, 3.05) is 20.1 Å². The van der Waals surface area contributed by atoms with Crippen LogP contribution in [-0.2, 0) is 6.54 Å². The summed E-state index contributed by atoms with van der Waals surface area (Å²) in [5, 5.41) is 0. The number of likely N-dealkylation sites (N-methyl/N-ethyl adjacent to an activating group) is 1. The van der Waals surface area contributed by atoms with Crippen molar-refractivity contribution in [1.29, 1.82) is 0 Å². The Morgan fingerprint density at radius 2 is 2.00 bits per heavy atom.